The van der Waals surface area contributed by atoms with Crippen LogP contribution in [-0.4, -0.2) is 18.8 Å². The van der Waals surface area contributed by atoms with Crippen LogP contribution in [0, 0.1) is 0 Å². The minimum atomic E-state index is -0.526. The van der Waals surface area contributed by atoms with Crippen molar-refractivity contribution in [2.45, 2.75) is 20.0 Å². The molecule has 1 aromatic carbocycles. The van der Waals surface area contributed by atoms with Gasteiger partial charge in [0.25, 0.3) is 0 Å². The summed E-state index contributed by atoms with van der Waals surface area (Å²) in [6, 6.07) is 5.41. The first-order chi connectivity index (χ1) is 6.69. The predicted molar refractivity (Wildman–Crippen MR) is 54.8 cm³/mol. The molecule has 0 unspecified atom stereocenters. The van der Waals surface area contributed by atoms with E-state index in [4.69, 9.17) is 9.47 Å². The van der Waals surface area contributed by atoms with Crippen LogP contribution in [0.5, 0.6) is 11.5 Å². The third kappa shape index (κ3) is 2.39. The van der Waals surface area contributed by atoms with Crippen LogP contribution < -0.4 is 9.47 Å². The number of ether oxygens (including phenoxy) is 2. The molecule has 78 valence electrons. The zero-order chi connectivity index (χ0) is 10.6. The van der Waals surface area contributed by atoms with Crippen LogP contribution in [-0.2, 0) is 0 Å². The molecule has 3 nitrogen and oxygen atoms in total. The molecule has 0 heterocycles. The summed E-state index contributed by atoms with van der Waals surface area (Å²) in [7, 11) is 1.60. The van der Waals surface area contributed by atoms with E-state index in [2.05, 4.69) is 0 Å². The SMILES string of the molecule is CCOc1cc(OC)ccc1[C@H](C)O. The van der Waals surface area contributed by atoms with Gasteiger partial charge in [-0.05, 0) is 26.0 Å². The third-order valence-electron chi connectivity index (χ3n) is 1.97. The quantitative estimate of drug-likeness (QED) is 0.801. The summed E-state index contributed by atoms with van der Waals surface area (Å²) in [4.78, 5) is 0. The summed E-state index contributed by atoms with van der Waals surface area (Å²) in [5, 5.41) is 9.47. The van der Waals surface area contributed by atoms with Crippen LogP contribution in [0.3, 0.4) is 0 Å². The summed E-state index contributed by atoms with van der Waals surface area (Å²) < 4.78 is 10.5. The van der Waals surface area contributed by atoms with Gasteiger partial charge in [-0.15, -0.1) is 0 Å². The normalized spacial score (nSPS) is 12.3. The minimum absolute atomic E-state index is 0.526. The van der Waals surface area contributed by atoms with Crippen LogP contribution in [0.2, 0.25) is 0 Å². The molecule has 0 aliphatic heterocycles. The smallest absolute Gasteiger partial charge is 0.128 e. The fourth-order valence-corrected chi connectivity index (χ4v) is 1.27. The first-order valence-electron chi connectivity index (χ1n) is 4.67. The highest BCUT2D eigenvalue weighted by atomic mass is 16.5. The van der Waals surface area contributed by atoms with Gasteiger partial charge >= 0.3 is 0 Å². The molecule has 0 spiro atoms. The minimum Gasteiger partial charge on any atom is -0.497 e. The number of aliphatic hydroxyl groups is 1. The Balaban J connectivity index is 3.03. The van der Waals surface area contributed by atoms with Crippen molar-refractivity contribution < 1.29 is 14.6 Å². The Labute approximate surface area is 84.3 Å². The average molecular weight is 196 g/mol. The standard InChI is InChI=1S/C11H16O3/c1-4-14-11-7-9(13-3)5-6-10(11)8(2)12/h5-8,12H,4H2,1-3H3/t8-/m0/s1. The fourth-order valence-electron chi connectivity index (χ4n) is 1.27. The van der Waals surface area contributed by atoms with Crippen molar-refractivity contribution in [3.8, 4) is 11.5 Å². The van der Waals surface area contributed by atoms with Crippen LogP contribution in [0.4, 0.5) is 0 Å². The van der Waals surface area contributed by atoms with Gasteiger partial charge in [0.05, 0.1) is 19.8 Å². The Hall–Kier alpha value is -1.22. The van der Waals surface area contributed by atoms with Crippen molar-refractivity contribution >= 4 is 0 Å². The molecule has 1 N–H and O–H groups in total. The fraction of sp³-hybridized carbons (Fsp3) is 0.455. The van der Waals surface area contributed by atoms with Crippen molar-refractivity contribution in [2.75, 3.05) is 13.7 Å². The van der Waals surface area contributed by atoms with E-state index in [9.17, 15) is 5.11 Å². The van der Waals surface area contributed by atoms with E-state index < -0.39 is 6.10 Å². The highest BCUT2D eigenvalue weighted by Crippen LogP contribution is 2.29. The average Bonchev–Trinajstić information content (AvgIpc) is 2.17. The Morgan fingerprint density at radius 2 is 2.14 bits per heavy atom. The Kier molecular flexibility index (Phi) is 3.77. The molecule has 0 radical (unpaired) electrons. The lowest BCUT2D eigenvalue weighted by molar-refractivity contribution is 0.192. The zero-order valence-electron chi connectivity index (χ0n) is 8.78. The number of hydrogen-bond donors (Lipinski definition) is 1. The van der Waals surface area contributed by atoms with Crippen LogP contribution in [0.15, 0.2) is 18.2 Å². The third-order valence-corrected chi connectivity index (χ3v) is 1.97. The summed E-state index contributed by atoms with van der Waals surface area (Å²) in [5.41, 5.74) is 0.785. The van der Waals surface area contributed by atoms with Gasteiger partial charge in [0, 0.05) is 11.6 Å². The van der Waals surface area contributed by atoms with E-state index in [0.717, 1.165) is 11.3 Å². The van der Waals surface area contributed by atoms with Crippen molar-refractivity contribution in [2.24, 2.45) is 0 Å². The second kappa shape index (κ2) is 4.86. The van der Waals surface area contributed by atoms with Crippen molar-refractivity contribution in [3.05, 3.63) is 23.8 Å². The van der Waals surface area contributed by atoms with Gasteiger partial charge in [0.1, 0.15) is 11.5 Å². The molecular weight excluding hydrogens is 180 g/mol. The van der Waals surface area contributed by atoms with E-state index in [1.165, 1.54) is 0 Å². The van der Waals surface area contributed by atoms with E-state index in [1.54, 1.807) is 20.1 Å². The molecule has 0 saturated heterocycles. The largest absolute Gasteiger partial charge is 0.497 e. The lowest BCUT2D eigenvalue weighted by Crippen LogP contribution is -2.00. The van der Waals surface area contributed by atoms with E-state index in [-0.39, 0.29) is 0 Å². The lowest BCUT2D eigenvalue weighted by atomic mass is 10.1. The summed E-state index contributed by atoms with van der Waals surface area (Å²) in [6.07, 6.45) is -0.526. The van der Waals surface area contributed by atoms with Gasteiger partial charge < -0.3 is 14.6 Å². The van der Waals surface area contributed by atoms with Crippen LogP contribution in [0.25, 0.3) is 0 Å². The number of rotatable bonds is 4. The topological polar surface area (TPSA) is 38.7 Å². The second-order valence-electron chi connectivity index (χ2n) is 3.01. The summed E-state index contributed by atoms with van der Waals surface area (Å²) in [6.45, 7) is 4.20. The van der Waals surface area contributed by atoms with Crippen molar-refractivity contribution in [3.63, 3.8) is 0 Å². The number of benzene rings is 1. The molecule has 0 amide bonds. The molecule has 1 aromatic rings. The van der Waals surface area contributed by atoms with E-state index >= 15 is 0 Å². The molecule has 0 aliphatic carbocycles. The molecule has 0 aliphatic rings. The highest BCUT2D eigenvalue weighted by molar-refractivity contribution is 5.41. The van der Waals surface area contributed by atoms with Gasteiger partial charge in [0.2, 0.25) is 0 Å². The molecule has 1 atom stereocenters. The van der Waals surface area contributed by atoms with Crippen LogP contribution in [0.1, 0.15) is 25.5 Å². The molecule has 0 aromatic heterocycles. The Bertz CT molecular complexity index is 295. The number of hydrogen-bond acceptors (Lipinski definition) is 3. The van der Waals surface area contributed by atoms with E-state index in [1.807, 2.05) is 19.1 Å². The summed E-state index contributed by atoms with van der Waals surface area (Å²) >= 11 is 0. The first kappa shape index (κ1) is 10.9. The number of aliphatic hydroxyl groups excluding tert-OH is 1. The van der Waals surface area contributed by atoms with Gasteiger partial charge in [-0.25, -0.2) is 0 Å². The molecule has 1 rings (SSSR count). The maximum atomic E-state index is 9.47. The molecule has 0 bridgehead atoms. The van der Waals surface area contributed by atoms with Crippen molar-refractivity contribution in [1.82, 2.24) is 0 Å². The van der Waals surface area contributed by atoms with Crippen LogP contribution >= 0.6 is 0 Å². The zero-order valence-corrected chi connectivity index (χ0v) is 8.78. The van der Waals surface area contributed by atoms with Gasteiger partial charge in [-0.2, -0.15) is 0 Å². The first-order valence-corrected chi connectivity index (χ1v) is 4.67. The van der Waals surface area contributed by atoms with Crippen molar-refractivity contribution in [1.29, 1.82) is 0 Å². The number of methoxy groups -OCH3 is 1. The maximum absolute atomic E-state index is 9.47. The van der Waals surface area contributed by atoms with Gasteiger partial charge in [0.15, 0.2) is 0 Å². The molecule has 0 fully saturated rings. The highest BCUT2D eigenvalue weighted by Gasteiger charge is 2.09. The Morgan fingerprint density at radius 1 is 1.43 bits per heavy atom. The monoisotopic (exact) mass is 196 g/mol. The molecule has 0 saturated carbocycles. The predicted octanol–water partition coefficient (Wildman–Crippen LogP) is 2.15. The van der Waals surface area contributed by atoms with Gasteiger partial charge in [-0.3, -0.25) is 0 Å². The summed E-state index contributed by atoms with van der Waals surface area (Å²) in [5.74, 6) is 1.42. The maximum Gasteiger partial charge on any atom is 0.128 e. The Morgan fingerprint density at radius 3 is 2.64 bits per heavy atom. The second-order valence-corrected chi connectivity index (χ2v) is 3.01. The van der Waals surface area contributed by atoms with E-state index in [0.29, 0.717) is 12.4 Å². The molecule has 14 heavy (non-hydrogen) atoms. The lowest BCUT2D eigenvalue weighted by Gasteiger charge is -2.13. The molecule has 3 heteroatoms. The van der Waals surface area contributed by atoms with Gasteiger partial charge in [-0.1, -0.05) is 0 Å². The molecular formula is C11H16O3.